The molecule has 0 aromatic heterocycles. The van der Waals surface area contributed by atoms with E-state index >= 15 is 0 Å². The van der Waals surface area contributed by atoms with Crippen LogP contribution in [0.3, 0.4) is 0 Å². The van der Waals surface area contributed by atoms with Gasteiger partial charge in [0.05, 0.1) is 0 Å². The molecule has 0 spiro atoms. The van der Waals surface area contributed by atoms with Crippen molar-refractivity contribution in [3.05, 3.63) is 69.2 Å². The lowest BCUT2D eigenvalue weighted by molar-refractivity contribution is 0.181. The van der Waals surface area contributed by atoms with Gasteiger partial charge < -0.3 is 5.73 Å². The van der Waals surface area contributed by atoms with Crippen LogP contribution in [0.2, 0.25) is 10.0 Å². The molecule has 2 N–H and O–H groups in total. The number of rotatable bonds is 3. The summed E-state index contributed by atoms with van der Waals surface area (Å²) in [6.07, 6.45) is 1.05. The van der Waals surface area contributed by atoms with Crippen LogP contribution in [-0.2, 0) is 13.0 Å². The summed E-state index contributed by atoms with van der Waals surface area (Å²) in [6, 6.07) is 14.4. The van der Waals surface area contributed by atoms with Gasteiger partial charge in [0.2, 0.25) is 0 Å². The molecule has 1 atom stereocenters. The van der Waals surface area contributed by atoms with Gasteiger partial charge in [0.25, 0.3) is 0 Å². The number of hydrogen-bond donors (Lipinski definition) is 1. The molecule has 3 rings (SSSR count). The fraction of sp³-hybridized carbons (Fsp3) is 0.294. The van der Waals surface area contributed by atoms with E-state index in [0.717, 1.165) is 35.1 Å². The molecule has 1 aliphatic rings. The Morgan fingerprint density at radius 1 is 1.14 bits per heavy atom. The van der Waals surface area contributed by atoms with Gasteiger partial charge in [-0.05, 0) is 41.3 Å². The standard InChI is InChI=1S/C17H18Cl2N2/c18-14-5-6-16(19)13(9-14)11-21-8-7-12-3-1-2-4-15(12)17(21)10-20/h1-6,9,17H,7-8,10-11,20H2. The average molecular weight is 321 g/mol. The van der Waals surface area contributed by atoms with E-state index < -0.39 is 0 Å². The minimum Gasteiger partial charge on any atom is -0.329 e. The van der Waals surface area contributed by atoms with E-state index in [2.05, 4.69) is 29.2 Å². The lowest BCUT2D eigenvalue weighted by atomic mass is 9.92. The third-order valence-electron chi connectivity index (χ3n) is 4.13. The van der Waals surface area contributed by atoms with Gasteiger partial charge in [-0.3, -0.25) is 4.90 Å². The normalized spacial score (nSPS) is 18.5. The van der Waals surface area contributed by atoms with Gasteiger partial charge in [-0.25, -0.2) is 0 Å². The summed E-state index contributed by atoms with van der Waals surface area (Å²) in [5.74, 6) is 0. The van der Waals surface area contributed by atoms with Crippen molar-refractivity contribution in [2.45, 2.75) is 19.0 Å². The van der Waals surface area contributed by atoms with Crippen molar-refractivity contribution in [1.82, 2.24) is 4.90 Å². The second-order valence-electron chi connectivity index (χ2n) is 5.41. The van der Waals surface area contributed by atoms with Crippen LogP contribution in [-0.4, -0.2) is 18.0 Å². The second-order valence-corrected chi connectivity index (χ2v) is 6.25. The van der Waals surface area contributed by atoms with E-state index in [1.54, 1.807) is 0 Å². The Hall–Kier alpha value is -1.06. The molecule has 0 bridgehead atoms. The highest BCUT2D eigenvalue weighted by Crippen LogP contribution is 2.31. The summed E-state index contributed by atoms with van der Waals surface area (Å²) in [4.78, 5) is 2.39. The quantitative estimate of drug-likeness (QED) is 0.924. The number of benzene rings is 2. The maximum Gasteiger partial charge on any atom is 0.0476 e. The van der Waals surface area contributed by atoms with E-state index in [-0.39, 0.29) is 6.04 Å². The first-order valence-corrected chi connectivity index (χ1v) is 7.90. The topological polar surface area (TPSA) is 29.3 Å². The van der Waals surface area contributed by atoms with E-state index in [4.69, 9.17) is 28.9 Å². The highest BCUT2D eigenvalue weighted by atomic mass is 35.5. The molecule has 0 saturated carbocycles. The fourth-order valence-electron chi connectivity index (χ4n) is 3.05. The lowest BCUT2D eigenvalue weighted by Crippen LogP contribution is -2.38. The van der Waals surface area contributed by atoms with Crippen molar-refractivity contribution in [1.29, 1.82) is 0 Å². The van der Waals surface area contributed by atoms with Crippen LogP contribution in [0, 0.1) is 0 Å². The first kappa shape index (κ1) is 14.9. The average Bonchev–Trinajstić information content (AvgIpc) is 2.50. The number of halogens is 2. The van der Waals surface area contributed by atoms with Crippen LogP contribution in [0.25, 0.3) is 0 Å². The zero-order chi connectivity index (χ0) is 14.8. The molecule has 2 nitrogen and oxygen atoms in total. The molecule has 0 amide bonds. The zero-order valence-electron chi connectivity index (χ0n) is 11.7. The van der Waals surface area contributed by atoms with E-state index in [1.807, 2.05) is 18.2 Å². The molecule has 0 saturated heterocycles. The van der Waals surface area contributed by atoms with Gasteiger partial charge in [-0.2, -0.15) is 0 Å². The largest absolute Gasteiger partial charge is 0.329 e. The molecule has 2 aromatic carbocycles. The number of fused-ring (bicyclic) bond motifs is 1. The Labute approximate surface area is 135 Å². The third-order valence-corrected chi connectivity index (χ3v) is 4.73. The van der Waals surface area contributed by atoms with Crippen LogP contribution in [0.15, 0.2) is 42.5 Å². The number of hydrogen-bond acceptors (Lipinski definition) is 2. The molecule has 110 valence electrons. The van der Waals surface area contributed by atoms with E-state index in [0.29, 0.717) is 6.54 Å². The van der Waals surface area contributed by atoms with Crippen LogP contribution in [0.5, 0.6) is 0 Å². The molecule has 0 fully saturated rings. The van der Waals surface area contributed by atoms with E-state index in [9.17, 15) is 0 Å². The molecular formula is C17H18Cl2N2. The molecule has 4 heteroatoms. The van der Waals surface area contributed by atoms with Gasteiger partial charge in [0, 0.05) is 35.7 Å². The molecule has 2 aromatic rings. The fourth-order valence-corrected chi connectivity index (χ4v) is 3.42. The van der Waals surface area contributed by atoms with Gasteiger partial charge >= 0.3 is 0 Å². The number of nitrogens with two attached hydrogens (primary N) is 1. The van der Waals surface area contributed by atoms with Crippen LogP contribution in [0.4, 0.5) is 0 Å². The maximum absolute atomic E-state index is 6.29. The van der Waals surface area contributed by atoms with Crippen molar-refractivity contribution < 1.29 is 0 Å². The molecule has 1 aliphatic heterocycles. The summed E-state index contributed by atoms with van der Waals surface area (Å²) in [7, 11) is 0. The van der Waals surface area contributed by atoms with Gasteiger partial charge in [0.1, 0.15) is 0 Å². The SMILES string of the molecule is NCC1c2ccccc2CCN1Cc1cc(Cl)ccc1Cl. The maximum atomic E-state index is 6.29. The third kappa shape index (κ3) is 3.09. The Morgan fingerprint density at radius 3 is 2.76 bits per heavy atom. The van der Waals surface area contributed by atoms with Crippen molar-refractivity contribution in [2.24, 2.45) is 5.73 Å². The highest BCUT2D eigenvalue weighted by molar-refractivity contribution is 6.33. The first-order chi connectivity index (χ1) is 10.2. The van der Waals surface area contributed by atoms with Crippen LogP contribution < -0.4 is 5.73 Å². The highest BCUT2D eigenvalue weighted by Gasteiger charge is 2.26. The molecule has 0 radical (unpaired) electrons. The summed E-state index contributed by atoms with van der Waals surface area (Å²) in [5.41, 5.74) is 9.83. The van der Waals surface area contributed by atoms with Gasteiger partial charge in [-0.15, -0.1) is 0 Å². The molecular weight excluding hydrogens is 303 g/mol. The van der Waals surface area contributed by atoms with Crippen LogP contribution in [0.1, 0.15) is 22.7 Å². The monoisotopic (exact) mass is 320 g/mol. The van der Waals surface area contributed by atoms with Crippen molar-refractivity contribution in [3.8, 4) is 0 Å². The Morgan fingerprint density at radius 2 is 1.95 bits per heavy atom. The van der Waals surface area contributed by atoms with Crippen molar-refractivity contribution in [2.75, 3.05) is 13.1 Å². The van der Waals surface area contributed by atoms with Crippen LogP contribution >= 0.6 is 23.2 Å². The van der Waals surface area contributed by atoms with Gasteiger partial charge in [-0.1, -0.05) is 47.5 Å². The summed E-state index contributed by atoms with van der Waals surface area (Å²) in [6.45, 7) is 2.37. The lowest BCUT2D eigenvalue weighted by Gasteiger charge is -2.37. The summed E-state index contributed by atoms with van der Waals surface area (Å²) in [5, 5.41) is 1.48. The Bertz CT molecular complexity index is 642. The zero-order valence-corrected chi connectivity index (χ0v) is 13.2. The van der Waals surface area contributed by atoms with E-state index in [1.165, 1.54) is 11.1 Å². The summed E-state index contributed by atoms with van der Waals surface area (Å²) < 4.78 is 0. The Kier molecular flexibility index (Phi) is 4.51. The molecule has 1 heterocycles. The Balaban J connectivity index is 1.88. The first-order valence-electron chi connectivity index (χ1n) is 7.15. The van der Waals surface area contributed by atoms with Gasteiger partial charge in [0.15, 0.2) is 0 Å². The minimum absolute atomic E-state index is 0.241. The predicted molar refractivity (Wildman–Crippen MR) is 88.8 cm³/mol. The second kappa shape index (κ2) is 6.37. The summed E-state index contributed by atoms with van der Waals surface area (Å²) >= 11 is 12.4. The van der Waals surface area contributed by atoms with Crippen molar-refractivity contribution in [3.63, 3.8) is 0 Å². The molecule has 0 aliphatic carbocycles. The smallest absolute Gasteiger partial charge is 0.0476 e. The predicted octanol–water partition coefficient (Wildman–Crippen LogP) is 4.05. The molecule has 1 unspecified atom stereocenters. The molecule has 21 heavy (non-hydrogen) atoms. The number of nitrogens with zero attached hydrogens (tertiary/aromatic N) is 1. The van der Waals surface area contributed by atoms with Crippen molar-refractivity contribution >= 4 is 23.2 Å². The minimum atomic E-state index is 0.241.